The predicted molar refractivity (Wildman–Crippen MR) is 119 cm³/mol. The topological polar surface area (TPSA) is 70.5 Å². The zero-order valence-electron chi connectivity index (χ0n) is 16.5. The molecule has 2 heterocycles. The minimum absolute atomic E-state index is 0.0309. The number of aliphatic hydroxyl groups is 1. The Morgan fingerprint density at radius 1 is 1.10 bits per heavy atom. The number of amides is 1. The van der Waals surface area contributed by atoms with Crippen LogP contribution in [0.1, 0.15) is 22.7 Å². The van der Waals surface area contributed by atoms with E-state index in [1.807, 2.05) is 36.4 Å². The van der Waals surface area contributed by atoms with E-state index in [4.69, 9.17) is 11.6 Å². The molecule has 1 amide bonds. The van der Waals surface area contributed by atoms with Crippen LogP contribution in [0.25, 0.3) is 6.08 Å². The van der Waals surface area contributed by atoms with Crippen molar-refractivity contribution in [2.24, 2.45) is 0 Å². The highest BCUT2D eigenvalue weighted by molar-refractivity contribution is 6.30. The minimum Gasteiger partial charge on any atom is -0.503 e. The van der Waals surface area contributed by atoms with E-state index >= 15 is 0 Å². The monoisotopic (exact) mass is 430 g/mol. The maximum absolute atomic E-state index is 13.1. The largest absolute Gasteiger partial charge is 0.503 e. The number of halogens is 1. The molecule has 3 aromatic rings. The second-order valence-corrected chi connectivity index (χ2v) is 7.56. The normalized spacial score (nSPS) is 16.4. The van der Waals surface area contributed by atoms with Crippen LogP contribution in [-0.4, -0.2) is 26.7 Å². The van der Waals surface area contributed by atoms with E-state index in [9.17, 15) is 14.7 Å². The van der Waals surface area contributed by atoms with E-state index in [1.165, 1.54) is 11.0 Å². The fourth-order valence-electron chi connectivity index (χ4n) is 3.61. The molecule has 154 valence electrons. The fraction of sp³-hybridized carbons (Fsp3) is 0.0800. The van der Waals surface area contributed by atoms with Gasteiger partial charge in [-0.3, -0.25) is 14.6 Å². The lowest BCUT2D eigenvalue weighted by Gasteiger charge is -2.26. The van der Waals surface area contributed by atoms with Gasteiger partial charge in [0.25, 0.3) is 5.91 Å². The number of ketones is 1. The molecule has 0 radical (unpaired) electrons. The van der Waals surface area contributed by atoms with E-state index < -0.39 is 23.5 Å². The zero-order chi connectivity index (χ0) is 21.8. The van der Waals surface area contributed by atoms with Crippen LogP contribution in [0.3, 0.4) is 0 Å². The van der Waals surface area contributed by atoms with Crippen molar-refractivity contribution in [1.82, 2.24) is 9.88 Å². The van der Waals surface area contributed by atoms with Gasteiger partial charge in [-0.1, -0.05) is 66.2 Å². The molecule has 1 atom stereocenters. The second-order valence-electron chi connectivity index (χ2n) is 7.12. The molecule has 5 nitrogen and oxygen atoms in total. The van der Waals surface area contributed by atoms with Gasteiger partial charge in [0.1, 0.15) is 0 Å². The highest BCUT2D eigenvalue weighted by atomic mass is 35.5. The quantitative estimate of drug-likeness (QED) is 0.564. The summed E-state index contributed by atoms with van der Waals surface area (Å²) in [5.41, 5.74) is 2.30. The Hall–Kier alpha value is -3.70. The average molecular weight is 431 g/mol. The van der Waals surface area contributed by atoms with Gasteiger partial charge in [0.15, 0.2) is 11.5 Å². The number of benzene rings is 2. The van der Waals surface area contributed by atoms with E-state index in [1.54, 1.807) is 48.8 Å². The Kier molecular flexibility index (Phi) is 5.96. The third kappa shape index (κ3) is 4.42. The van der Waals surface area contributed by atoms with Crippen LogP contribution in [0, 0.1) is 0 Å². The Balaban J connectivity index is 1.73. The third-order valence-corrected chi connectivity index (χ3v) is 5.27. The van der Waals surface area contributed by atoms with Crippen LogP contribution in [0.15, 0.2) is 96.5 Å². The Bertz CT molecular complexity index is 1170. The molecule has 1 aliphatic heterocycles. The molecule has 31 heavy (non-hydrogen) atoms. The molecule has 1 unspecified atom stereocenters. The van der Waals surface area contributed by atoms with Gasteiger partial charge in [0, 0.05) is 24.0 Å². The molecule has 0 bridgehead atoms. The number of pyridine rings is 1. The summed E-state index contributed by atoms with van der Waals surface area (Å²) in [6.45, 7) is 0.188. The molecular formula is C25H19ClN2O3. The lowest BCUT2D eigenvalue weighted by atomic mass is 9.95. The van der Waals surface area contributed by atoms with Crippen LogP contribution in [0.4, 0.5) is 0 Å². The maximum Gasteiger partial charge on any atom is 0.290 e. The molecule has 0 aliphatic carbocycles. The van der Waals surface area contributed by atoms with Gasteiger partial charge < -0.3 is 10.0 Å². The van der Waals surface area contributed by atoms with Crippen molar-refractivity contribution in [1.29, 1.82) is 0 Å². The zero-order valence-corrected chi connectivity index (χ0v) is 17.2. The number of aliphatic hydroxyl groups excluding tert-OH is 1. The van der Waals surface area contributed by atoms with Crippen LogP contribution in [-0.2, 0) is 16.1 Å². The maximum atomic E-state index is 13.1. The van der Waals surface area contributed by atoms with E-state index in [0.29, 0.717) is 10.6 Å². The average Bonchev–Trinajstić information content (AvgIpc) is 3.04. The van der Waals surface area contributed by atoms with Gasteiger partial charge in [0.05, 0.1) is 11.6 Å². The van der Waals surface area contributed by atoms with Crippen molar-refractivity contribution in [3.05, 3.63) is 118 Å². The van der Waals surface area contributed by atoms with E-state index in [-0.39, 0.29) is 12.1 Å². The Morgan fingerprint density at radius 2 is 1.90 bits per heavy atom. The lowest BCUT2D eigenvalue weighted by Crippen LogP contribution is -2.30. The van der Waals surface area contributed by atoms with Gasteiger partial charge in [-0.05, 0) is 41.0 Å². The Labute approximate surface area is 184 Å². The van der Waals surface area contributed by atoms with Crippen molar-refractivity contribution in [2.75, 3.05) is 0 Å². The van der Waals surface area contributed by atoms with Gasteiger partial charge in [-0.15, -0.1) is 0 Å². The summed E-state index contributed by atoms with van der Waals surface area (Å²) in [7, 11) is 0. The number of nitrogens with zero attached hydrogens (tertiary/aromatic N) is 2. The number of hydrogen-bond donors (Lipinski definition) is 1. The summed E-state index contributed by atoms with van der Waals surface area (Å²) in [5.74, 6) is -1.59. The summed E-state index contributed by atoms with van der Waals surface area (Å²) in [5, 5.41) is 11.1. The Morgan fingerprint density at radius 3 is 2.61 bits per heavy atom. The van der Waals surface area contributed by atoms with Gasteiger partial charge >= 0.3 is 0 Å². The molecule has 0 fully saturated rings. The highest BCUT2D eigenvalue weighted by Crippen LogP contribution is 2.39. The second kappa shape index (κ2) is 8.98. The molecule has 0 saturated heterocycles. The molecule has 1 aliphatic rings. The lowest BCUT2D eigenvalue weighted by molar-refractivity contribution is -0.130. The summed E-state index contributed by atoms with van der Waals surface area (Å²) in [6, 6.07) is 19.1. The van der Waals surface area contributed by atoms with Crippen LogP contribution in [0.2, 0.25) is 5.02 Å². The molecule has 0 saturated carbocycles. The number of carbonyl (C=O) groups excluding carboxylic acids is 2. The fourth-order valence-corrected chi connectivity index (χ4v) is 3.80. The smallest absolute Gasteiger partial charge is 0.290 e. The van der Waals surface area contributed by atoms with Crippen molar-refractivity contribution >= 4 is 29.4 Å². The van der Waals surface area contributed by atoms with Crippen molar-refractivity contribution < 1.29 is 14.7 Å². The summed E-state index contributed by atoms with van der Waals surface area (Å²) in [4.78, 5) is 31.6. The number of carbonyl (C=O) groups is 2. The number of rotatable bonds is 6. The summed E-state index contributed by atoms with van der Waals surface area (Å²) >= 11 is 6.18. The van der Waals surface area contributed by atoms with Crippen LogP contribution >= 0.6 is 11.6 Å². The summed E-state index contributed by atoms with van der Waals surface area (Å²) in [6.07, 6.45) is 6.32. The number of aromatic nitrogens is 1. The minimum atomic E-state index is -0.765. The molecule has 0 spiro atoms. The van der Waals surface area contributed by atoms with Crippen molar-refractivity contribution in [3.63, 3.8) is 0 Å². The van der Waals surface area contributed by atoms with Crippen molar-refractivity contribution in [3.8, 4) is 0 Å². The van der Waals surface area contributed by atoms with Crippen LogP contribution in [0.5, 0.6) is 0 Å². The first kappa shape index (κ1) is 20.6. The molecule has 1 N–H and O–H groups in total. The first-order valence-electron chi connectivity index (χ1n) is 9.70. The SMILES string of the molecule is O=C(/C=C/c1ccccc1)C1=C(O)C(=O)N(Cc2cccnc2)C1c1cccc(Cl)c1. The van der Waals surface area contributed by atoms with Gasteiger partial charge in [-0.2, -0.15) is 0 Å². The highest BCUT2D eigenvalue weighted by Gasteiger charge is 2.42. The molecule has 1 aromatic heterocycles. The first-order chi connectivity index (χ1) is 15.0. The number of hydrogen-bond acceptors (Lipinski definition) is 4. The predicted octanol–water partition coefficient (Wildman–Crippen LogP) is 4.91. The summed E-state index contributed by atoms with van der Waals surface area (Å²) < 4.78 is 0. The standard InChI is InChI=1S/C25H19ClN2O3/c26-20-10-4-9-19(14-20)23-22(21(29)12-11-17-6-2-1-3-7-17)24(30)25(31)28(23)16-18-8-5-13-27-15-18/h1-15,23,30H,16H2/b12-11+. The third-order valence-electron chi connectivity index (χ3n) is 5.04. The molecule has 6 heteroatoms. The first-order valence-corrected chi connectivity index (χ1v) is 10.1. The van der Waals surface area contributed by atoms with Crippen LogP contribution < -0.4 is 0 Å². The molecule has 2 aromatic carbocycles. The molecule has 4 rings (SSSR count). The van der Waals surface area contributed by atoms with Crippen molar-refractivity contribution in [2.45, 2.75) is 12.6 Å². The number of allylic oxidation sites excluding steroid dienone is 1. The molecular weight excluding hydrogens is 412 g/mol. The van der Waals surface area contributed by atoms with Gasteiger partial charge in [0.2, 0.25) is 0 Å². The van der Waals surface area contributed by atoms with Gasteiger partial charge in [-0.25, -0.2) is 0 Å². The van der Waals surface area contributed by atoms with E-state index in [0.717, 1.165) is 11.1 Å². The van der Waals surface area contributed by atoms with E-state index in [2.05, 4.69) is 4.98 Å².